The second kappa shape index (κ2) is 7.40. The average molecular weight is 344 g/mol. The quantitative estimate of drug-likeness (QED) is 0.420. The molecule has 4 rings (SSSR count). The maximum Gasteiger partial charge on any atom is 0.263 e. The van der Waals surface area contributed by atoms with Crippen LogP contribution in [0.5, 0.6) is 0 Å². The Morgan fingerprint density at radius 3 is 2.20 bits per heavy atom. The molecule has 1 atom stereocenters. The minimum atomic E-state index is -0.220. The molecule has 1 unspecified atom stereocenters. The first-order valence-corrected chi connectivity index (χ1v) is 10.1. The lowest BCUT2D eigenvalue weighted by molar-refractivity contribution is -0.122. The zero-order valence-corrected chi connectivity index (χ0v) is 16.0. The van der Waals surface area contributed by atoms with Crippen LogP contribution in [-0.2, 0) is 4.79 Å². The summed E-state index contributed by atoms with van der Waals surface area (Å²) in [6, 6.07) is 2.21. The molecule has 4 nitrogen and oxygen atoms in total. The highest BCUT2D eigenvalue weighted by molar-refractivity contribution is 5.97. The molecule has 0 aromatic rings. The van der Waals surface area contributed by atoms with E-state index in [2.05, 4.69) is 37.5 Å². The molecule has 2 N–H and O–H groups in total. The third-order valence-electron chi connectivity index (χ3n) is 6.83. The number of nitrogens with one attached hydrogen (secondary N) is 2. The monoisotopic (exact) mass is 343 g/mol. The van der Waals surface area contributed by atoms with E-state index in [4.69, 9.17) is 0 Å². The standard InChI is InChI=1S/C21H33N3O/c1-14(2)4-5-23-13-19(12-22)20(25)24-15(3)21-9-16-6-17(10-21)8-18(7-16)11-21/h13-18,23H,4-11H2,1-3H3,(H,24,25)/b19-13-. The van der Waals surface area contributed by atoms with Gasteiger partial charge >= 0.3 is 0 Å². The van der Waals surface area contributed by atoms with Gasteiger partial charge < -0.3 is 10.6 Å². The van der Waals surface area contributed by atoms with Crippen LogP contribution in [0.2, 0.25) is 0 Å². The SMILES string of the molecule is CC(C)CCN/C=C(/C#N)C(=O)NC(C)C12CC3CC(CC(C3)C1)C2. The maximum absolute atomic E-state index is 12.6. The van der Waals surface area contributed by atoms with Gasteiger partial charge in [-0.25, -0.2) is 0 Å². The number of hydrogen-bond donors (Lipinski definition) is 2. The van der Waals surface area contributed by atoms with Gasteiger partial charge in [-0.2, -0.15) is 5.26 Å². The molecule has 0 aromatic carbocycles. The molecule has 0 spiro atoms. The van der Waals surface area contributed by atoms with Crippen molar-refractivity contribution in [2.24, 2.45) is 29.1 Å². The summed E-state index contributed by atoms with van der Waals surface area (Å²) in [6.07, 6.45) is 10.6. The lowest BCUT2D eigenvalue weighted by Crippen LogP contribution is -2.56. The van der Waals surface area contributed by atoms with E-state index in [-0.39, 0.29) is 22.9 Å². The van der Waals surface area contributed by atoms with Crippen molar-refractivity contribution in [3.63, 3.8) is 0 Å². The van der Waals surface area contributed by atoms with Crippen molar-refractivity contribution in [3.05, 3.63) is 11.8 Å². The van der Waals surface area contributed by atoms with Crippen molar-refractivity contribution in [2.75, 3.05) is 6.54 Å². The predicted octanol–water partition coefficient (Wildman–Crippen LogP) is 3.75. The highest BCUT2D eigenvalue weighted by Crippen LogP contribution is 2.61. The van der Waals surface area contributed by atoms with Crippen molar-refractivity contribution in [1.29, 1.82) is 5.26 Å². The molecule has 0 saturated heterocycles. The molecule has 0 aliphatic heterocycles. The van der Waals surface area contributed by atoms with Gasteiger partial charge in [-0.15, -0.1) is 0 Å². The minimum absolute atomic E-state index is 0.154. The normalized spacial score (nSPS) is 34.7. The van der Waals surface area contributed by atoms with E-state index >= 15 is 0 Å². The van der Waals surface area contributed by atoms with Crippen LogP contribution in [0.15, 0.2) is 11.8 Å². The van der Waals surface area contributed by atoms with Crippen LogP contribution < -0.4 is 10.6 Å². The third kappa shape index (κ3) is 4.02. The molecule has 4 heteroatoms. The number of nitrogens with zero attached hydrogens (tertiary/aromatic N) is 1. The topological polar surface area (TPSA) is 64.9 Å². The minimum Gasteiger partial charge on any atom is -0.390 e. The summed E-state index contributed by atoms with van der Waals surface area (Å²) >= 11 is 0. The van der Waals surface area contributed by atoms with Crippen molar-refractivity contribution in [1.82, 2.24) is 10.6 Å². The van der Waals surface area contributed by atoms with E-state index in [0.29, 0.717) is 5.92 Å². The van der Waals surface area contributed by atoms with Crippen LogP contribution in [0.3, 0.4) is 0 Å². The van der Waals surface area contributed by atoms with E-state index in [1.54, 1.807) is 6.20 Å². The molecule has 0 heterocycles. The summed E-state index contributed by atoms with van der Waals surface area (Å²) in [6.45, 7) is 7.28. The molecule has 4 saturated carbocycles. The average Bonchev–Trinajstić information content (AvgIpc) is 2.53. The number of carbonyl (C=O) groups is 1. The van der Waals surface area contributed by atoms with Gasteiger partial charge in [0, 0.05) is 18.8 Å². The fourth-order valence-electron chi connectivity index (χ4n) is 5.83. The van der Waals surface area contributed by atoms with E-state index in [1.165, 1.54) is 38.5 Å². The molecular formula is C21H33N3O. The van der Waals surface area contributed by atoms with Crippen LogP contribution in [0.4, 0.5) is 0 Å². The van der Waals surface area contributed by atoms with Gasteiger partial charge in [0.1, 0.15) is 11.6 Å². The molecule has 4 aliphatic carbocycles. The summed E-state index contributed by atoms with van der Waals surface area (Å²) in [5.41, 5.74) is 0.469. The second-order valence-corrected chi connectivity index (χ2v) is 9.28. The lowest BCUT2D eigenvalue weighted by atomic mass is 9.48. The van der Waals surface area contributed by atoms with Crippen molar-refractivity contribution >= 4 is 5.91 Å². The molecule has 0 aromatic heterocycles. The molecule has 0 radical (unpaired) electrons. The number of carbonyl (C=O) groups excluding carboxylic acids is 1. The number of nitriles is 1. The molecular weight excluding hydrogens is 310 g/mol. The maximum atomic E-state index is 12.6. The van der Waals surface area contributed by atoms with Crippen molar-refractivity contribution in [2.45, 2.75) is 71.8 Å². The fourth-order valence-corrected chi connectivity index (χ4v) is 5.83. The fraction of sp³-hybridized carbons (Fsp3) is 0.810. The molecule has 4 bridgehead atoms. The Bertz CT molecular complexity index is 537. The first kappa shape index (κ1) is 18.3. The van der Waals surface area contributed by atoms with Crippen LogP contribution in [0, 0.1) is 40.4 Å². The largest absolute Gasteiger partial charge is 0.390 e. The molecule has 4 fully saturated rings. The van der Waals surface area contributed by atoms with Gasteiger partial charge in [0.25, 0.3) is 5.91 Å². The van der Waals surface area contributed by atoms with Crippen molar-refractivity contribution in [3.8, 4) is 6.07 Å². The summed E-state index contributed by atoms with van der Waals surface area (Å²) < 4.78 is 0. The zero-order chi connectivity index (χ0) is 18.0. The number of amides is 1. The van der Waals surface area contributed by atoms with E-state index < -0.39 is 0 Å². The van der Waals surface area contributed by atoms with Crippen LogP contribution >= 0.6 is 0 Å². The van der Waals surface area contributed by atoms with Gasteiger partial charge in [0.05, 0.1) is 0 Å². The Balaban J connectivity index is 1.58. The Labute approximate surface area is 152 Å². The lowest BCUT2D eigenvalue weighted by Gasteiger charge is -2.59. The molecule has 25 heavy (non-hydrogen) atoms. The molecule has 138 valence electrons. The highest BCUT2D eigenvalue weighted by atomic mass is 16.1. The first-order valence-electron chi connectivity index (χ1n) is 10.1. The summed E-state index contributed by atoms with van der Waals surface area (Å²) in [5, 5.41) is 15.6. The van der Waals surface area contributed by atoms with E-state index in [0.717, 1.165) is 30.7 Å². The predicted molar refractivity (Wildman–Crippen MR) is 99.4 cm³/mol. The first-order chi connectivity index (χ1) is 11.9. The van der Waals surface area contributed by atoms with Gasteiger partial charge in [-0.05, 0) is 81.0 Å². The summed E-state index contributed by atoms with van der Waals surface area (Å²) in [4.78, 5) is 12.6. The second-order valence-electron chi connectivity index (χ2n) is 9.28. The van der Waals surface area contributed by atoms with E-state index in [1.807, 2.05) is 0 Å². The van der Waals surface area contributed by atoms with Crippen LogP contribution in [0.1, 0.15) is 65.7 Å². The summed E-state index contributed by atoms with van der Waals surface area (Å²) in [7, 11) is 0. The number of rotatable bonds is 7. The van der Waals surface area contributed by atoms with Crippen molar-refractivity contribution < 1.29 is 4.79 Å². The van der Waals surface area contributed by atoms with Gasteiger partial charge in [-0.1, -0.05) is 13.8 Å². The van der Waals surface area contributed by atoms with Gasteiger partial charge in [0.15, 0.2) is 0 Å². The smallest absolute Gasteiger partial charge is 0.263 e. The van der Waals surface area contributed by atoms with Crippen LogP contribution in [-0.4, -0.2) is 18.5 Å². The van der Waals surface area contributed by atoms with Gasteiger partial charge in [-0.3, -0.25) is 4.79 Å². The Morgan fingerprint density at radius 1 is 1.16 bits per heavy atom. The zero-order valence-electron chi connectivity index (χ0n) is 16.0. The Hall–Kier alpha value is -1.50. The Morgan fingerprint density at radius 2 is 1.72 bits per heavy atom. The molecule has 1 amide bonds. The highest BCUT2D eigenvalue weighted by Gasteiger charge is 2.53. The third-order valence-corrected chi connectivity index (χ3v) is 6.83. The summed E-state index contributed by atoms with van der Waals surface area (Å²) in [5.74, 6) is 3.00. The van der Waals surface area contributed by atoms with Crippen LogP contribution in [0.25, 0.3) is 0 Å². The number of hydrogen-bond acceptors (Lipinski definition) is 3. The van der Waals surface area contributed by atoms with Gasteiger partial charge in [0.2, 0.25) is 0 Å². The van der Waals surface area contributed by atoms with E-state index in [9.17, 15) is 10.1 Å². The Kier molecular flexibility index (Phi) is 5.41. The molecule has 4 aliphatic rings.